The molecule has 4 heteroatoms. The number of rotatable bonds is 2. The highest BCUT2D eigenvalue weighted by atomic mass is 16.5. The highest BCUT2D eigenvalue weighted by Gasteiger charge is 2.17. The lowest BCUT2D eigenvalue weighted by molar-refractivity contribution is 0.322. The van der Waals surface area contributed by atoms with Gasteiger partial charge in [0, 0.05) is 12.2 Å². The minimum atomic E-state index is 0.248. The standard InChI is InChI=1S/C16H18N2O2/c1-12-7-8-15(19)13(17-12)11-18-9-4-10-20-16-6-3-2-5-14(16)18/h2-3,5-8,19H,4,9-11H2,1H3. The van der Waals surface area contributed by atoms with Gasteiger partial charge in [-0.1, -0.05) is 12.1 Å². The van der Waals surface area contributed by atoms with Crippen LogP contribution < -0.4 is 9.64 Å². The number of fused-ring (bicyclic) bond motifs is 1. The third-order valence-corrected chi connectivity index (χ3v) is 3.47. The van der Waals surface area contributed by atoms with Crippen molar-refractivity contribution in [1.82, 2.24) is 4.98 Å². The van der Waals surface area contributed by atoms with Gasteiger partial charge in [-0.25, -0.2) is 0 Å². The van der Waals surface area contributed by atoms with Gasteiger partial charge in [0.25, 0.3) is 0 Å². The van der Waals surface area contributed by atoms with E-state index in [4.69, 9.17) is 4.74 Å². The molecule has 0 spiro atoms. The Kier molecular flexibility index (Phi) is 3.46. The van der Waals surface area contributed by atoms with Crippen LogP contribution in [-0.2, 0) is 6.54 Å². The molecule has 1 aliphatic rings. The first-order valence-electron chi connectivity index (χ1n) is 6.86. The second-order valence-corrected chi connectivity index (χ2v) is 5.01. The molecule has 0 bridgehead atoms. The van der Waals surface area contributed by atoms with E-state index < -0.39 is 0 Å². The third-order valence-electron chi connectivity index (χ3n) is 3.47. The number of hydrogen-bond acceptors (Lipinski definition) is 4. The van der Waals surface area contributed by atoms with Crippen LogP contribution in [-0.4, -0.2) is 23.2 Å². The van der Waals surface area contributed by atoms with E-state index in [0.717, 1.165) is 36.7 Å². The number of pyridine rings is 1. The van der Waals surface area contributed by atoms with Crippen molar-refractivity contribution in [3.8, 4) is 11.5 Å². The fraction of sp³-hybridized carbons (Fsp3) is 0.312. The number of aromatic nitrogens is 1. The van der Waals surface area contributed by atoms with Crippen LogP contribution in [0.15, 0.2) is 36.4 Å². The predicted molar refractivity (Wildman–Crippen MR) is 78.2 cm³/mol. The number of aryl methyl sites for hydroxylation is 1. The van der Waals surface area contributed by atoms with E-state index in [1.165, 1.54) is 0 Å². The molecule has 0 unspecified atom stereocenters. The van der Waals surface area contributed by atoms with Crippen LogP contribution >= 0.6 is 0 Å². The molecule has 3 rings (SSSR count). The van der Waals surface area contributed by atoms with Crippen LogP contribution in [0.25, 0.3) is 0 Å². The molecule has 0 radical (unpaired) electrons. The van der Waals surface area contributed by atoms with Crippen LogP contribution in [0.4, 0.5) is 5.69 Å². The Balaban J connectivity index is 1.92. The SMILES string of the molecule is Cc1ccc(O)c(CN2CCCOc3ccccc32)n1. The molecule has 1 aromatic carbocycles. The molecule has 0 atom stereocenters. The van der Waals surface area contributed by atoms with Crippen molar-refractivity contribution in [3.05, 3.63) is 47.8 Å². The number of para-hydroxylation sites is 2. The van der Waals surface area contributed by atoms with Gasteiger partial charge in [-0.15, -0.1) is 0 Å². The van der Waals surface area contributed by atoms with Gasteiger partial charge in [-0.05, 0) is 37.6 Å². The molecule has 0 saturated heterocycles. The largest absolute Gasteiger partial charge is 0.506 e. The second-order valence-electron chi connectivity index (χ2n) is 5.01. The molecule has 1 N–H and O–H groups in total. The van der Waals surface area contributed by atoms with E-state index in [-0.39, 0.29) is 5.75 Å². The topological polar surface area (TPSA) is 45.6 Å². The first-order valence-corrected chi connectivity index (χ1v) is 6.86. The Morgan fingerprint density at radius 3 is 3.00 bits per heavy atom. The summed E-state index contributed by atoms with van der Waals surface area (Å²) in [4.78, 5) is 6.65. The highest BCUT2D eigenvalue weighted by molar-refractivity contribution is 5.59. The van der Waals surface area contributed by atoms with Crippen LogP contribution in [0.5, 0.6) is 11.5 Å². The highest BCUT2D eigenvalue weighted by Crippen LogP contribution is 2.32. The van der Waals surface area contributed by atoms with Crippen molar-refractivity contribution in [2.24, 2.45) is 0 Å². The average Bonchev–Trinajstić information content (AvgIpc) is 2.66. The minimum Gasteiger partial charge on any atom is -0.506 e. The van der Waals surface area contributed by atoms with Gasteiger partial charge in [0.2, 0.25) is 0 Å². The lowest BCUT2D eigenvalue weighted by Gasteiger charge is -2.23. The summed E-state index contributed by atoms with van der Waals surface area (Å²) >= 11 is 0. The normalized spacial score (nSPS) is 14.3. The molecule has 0 saturated carbocycles. The number of hydrogen-bond donors (Lipinski definition) is 1. The smallest absolute Gasteiger partial charge is 0.142 e. The summed E-state index contributed by atoms with van der Waals surface area (Å²) in [6.07, 6.45) is 0.960. The van der Waals surface area contributed by atoms with E-state index in [1.54, 1.807) is 6.07 Å². The maximum atomic E-state index is 9.96. The molecule has 0 amide bonds. The molecular formula is C16H18N2O2. The molecule has 2 heterocycles. The average molecular weight is 270 g/mol. The Hall–Kier alpha value is -2.23. The van der Waals surface area contributed by atoms with Crippen molar-refractivity contribution in [1.29, 1.82) is 0 Å². The summed E-state index contributed by atoms with van der Waals surface area (Å²) in [6, 6.07) is 11.5. The Bertz CT molecular complexity index is 613. The maximum Gasteiger partial charge on any atom is 0.142 e. The van der Waals surface area contributed by atoms with Gasteiger partial charge in [0.1, 0.15) is 17.2 Å². The van der Waals surface area contributed by atoms with Crippen molar-refractivity contribution >= 4 is 5.69 Å². The summed E-state index contributed by atoms with van der Waals surface area (Å²) in [7, 11) is 0. The molecule has 104 valence electrons. The van der Waals surface area contributed by atoms with Crippen molar-refractivity contribution < 1.29 is 9.84 Å². The van der Waals surface area contributed by atoms with E-state index in [2.05, 4.69) is 9.88 Å². The minimum absolute atomic E-state index is 0.248. The zero-order chi connectivity index (χ0) is 13.9. The third kappa shape index (κ3) is 2.54. The summed E-state index contributed by atoms with van der Waals surface area (Å²) < 4.78 is 5.75. The number of ether oxygens (including phenoxy) is 1. The molecule has 2 aromatic rings. The van der Waals surface area contributed by atoms with E-state index in [0.29, 0.717) is 12.2 Å². The van der Waals surface area contributed by atoms with Crippen LogP contribution in [0.1, 0.15) is 17.8 Å². The van der Waals surface area contributed by atoms with E-state index >= 15 is 0 Å². The number of anilines is 1. The van der Waals surface area contributed by atoms with E-state index in [9.17, 15) is 5.11 Å². The number of aromatic hydroxyl groups is 1. The molecule has 20 heavy (non-hydrogen) atoms. The fourth-order valence-electron chi connectivity index (χ4n) is 2.46. The van der Waals surface area contributed by atoms with Gasteiger partial charge in [0.05, 0.1) is 18.8 Å². The van der Waals surface area contributed by atoms with Gasteiger partial charge in [-0.2, -0.15) is 0 Å². The van der Waals surface area contributed by atoms with Gasteiger partial charge >= 0.3 is 0 Å². The Labute approximate surface area is 118 Å². The number of benzene rings is 1. The van der Waals surface area contributed by atoms with Gasteiger partial charge in [-0.3, -0.25) is 4.98 Å². The van der Waals surface area contributed by atoms with Crippen molar-refractivity contribution in [2.75, 3.05) is 18.1 Å². The van der Waals surface area contributed by atoms with Crippen LogP contribution in [0, 0.1) is 6.92 Å². The van der Waals surface area contributed by atoms with Crippen LogP contribution in [0.3, 0.4) is 0 Å². The molecule has 0 fully saturated rings. The fourth-order valence-corrected chi connectivity index (χ4v) is 2.46. The van der Waals surface area contributed by atoms with Crippen LogP contribution in [0.2, 0.25) is 0 Å². The van der Waals surface area contributed by atoms with Gasteiger partial charge < -0.3 is 14.7 Å². The summed E-state index contributed by atoms with van der Waals surface area (Å²) in [6.45, 7) is 4.14. The van der Waals surface area contributed by atoms with Crippen molar-refractivity contribution in [3.63, 3.8) is 0 Å². The molecule has 1 aromatic heterocycles. The quantitative estimate of drug-likeness (QED) is 0.911. The predicted octanol–water partition coefficient (Wildman–Crippen LogP) is 2.88. The first-order chi connectivity index (χ1) is 9.74. The van der Waals surface area contributed by atoms with Gasteiger partial charge in [0.15, 0.2) is 0 Å². The zero-order valence-electron chi connectivity index (χ0n) is 11.5. The summed E-state index contributed by atoms with van der Waals surface area (Å²) in [5, 5.41) is 9.96. The van der Waals surface area contributed by atoms with E-state index in [1.807, 2.05) is 37.3 Å². The van der Waals surface area contributed by atoms with Crippen molar-refractivity contribution in [2.45, 2.75) is 19.9 Å². The Morgan fingerprint density at radius 2 is 2.10 bits per heavy atom. The monoisotopic (exact) mass is 270 g/mol. The number of nitrogens with zero attached hydrogens (tertiary/aromatic N) is 2. The second kappa shape index (κ2) is 5.41. The molecule has 1 aliphatic heterocycles. The lowest BCUT2D eigenvalue weighted by atomic mass is 10.2. The summed E-state index contributed by atoms with van der Waals surface area (Å²) in [5.74, 6) is 1.15. The first kappa shape index (κ1) is 12.8. The molecule has 0 aliphatic carbocycles. The lowest BCUT2D eigenvalue weighted by Crippen LogP contribution is -2.24. The molecular weight excluding hydrogens is 252 g/mol. The Morgan fingerprint density at radius 1 is 1.25 bits per heavy atom. The maximum absolute atomic E-state index is 9.96. The zero-order valence-corrected chi connectivity index (χ0v) is 11.5. The summed E-state index contributed by atoms with van der Waals surface area (Å²) in [5.41, 5.74) is 2.69. The molecule has 4 nitrogen and oxygen atoms in total.